The van der Waals surface area contributed by atoms with Gasteiger partial charge in [0, 0.05) is 13.0 Å². The molecule has 2 unspecified atom stereocenters. The Morgan fingerprint density at radius 2 is 2.23 bits per heavy atom. The Bertz CT molecular complexity index is 624. The van der Waals surface area contributed by atoms with E-state index in [0.29, 0.717) is 24.8 Å². The van der Waals surface area contributed by atoms with Crippen molar-refractivity contribution in [2.75, 3.05) is 13.1 Å². The molecule has 1 fully saturated rings. The molecule has 1 aliphatic rings. The number of likely N-dealkylation sites (tertiary alicyclic amines) is 1. The molecule has 2 aromatic rings. The Balaban J connectivity index is 1.59. The molecule has 118 valence electrons. The maximum Gasteiger partial charge on any atom is 0.240 e. The van der Waals surface area contributed by atoms with Gasteiger partial charge in [0.2, 0.25) is 5.89 Å². The molecule has 0 aliphatic carbocycles. The maximum atomic E-state index is 9.65. The summed E-state index contributed by atoms with van der Waals surface area (Å²) in [5.41, 5.74) is 2.47. The van der Waals surface area contributed by atoms with Crippen molar-refractivity contribution in [2.45, 2.75) is 39.3 Å². The summed E-state index contributed by atoms with van der Waals surface area (Å²) in [6, 6.07) is 8.26. The number of hydrogen-bond donors (Lipinski definition) is 1. The minimum Gasteiger partial charge on any atom is -0.393 e. The Morgan fingerprint density at radius 3 is 2.95 bits per heavy atom. The Kier molecular flexibility index (Phi) is 4.55. The third-order valence-corrected chi connectivity index (χ3v) is 4.47. The summed E-state index contributed by atoms with van der Waals surface area (Å²) in [5, 5.41) is 13.7. The van der Waals surface area contributed by atoms with Gasteiger partial charge in [-0.25, -0.2) is 0 Å². The van der Waals surface area contributed by atoms with Crippen LogP contribution in [0.1, 0.15) is 36.2 Å². The average molecular weight is 301 g/mol. The largest absolute Gasteiger partial charge is 0.393 e. The second kappa shape index (κ2) is 6.58. The Morgan fingerprint density at radius 1 is 1.41 bits per heavy atom. The number of nitrogens with zero attached hydrogens (tertiary/aromatic N) is 3. The van der Waals surface area contributed by atoms with Gasteiger partial charge in [0.25, 0.3) is 0 Å². The molecule has 1 N–H and O–H groups in total. The molecule has 1 saturated heterocycles. The highest BCUT2D eigenvalue weighted by Gasteiger charge is 2.27. The van der Waals surface area contributed by atoms with Crippen LogP contribution in [0.2, 0.25) is 0 Å². The van der Waals surface area contributed by atoms with Crippen LogP contribution in [0.5, 0.6) is 0 Å². The van der Waals surface area contributed by atoms with E-state index in [1.165, 1.54) is 11.1 Å². The summed E-state index contributed by atoms with van der Waals surface area (Å²) in [6.07, 6.45) is 1.48. The summed E-state index contributed by atoms with van der Waals surface area (Å²) in [5.74, 6) is 1.75. The van der Waals surface area contributed by atoms with E-state index in [0.717, 1.165) is 25.3 Å². The van der Waals surface area contributed by atoms with Gasteiger partial charge in [-0.1, -0.05) is 29.4 Å². The molecule has 2 atom stereocenters. The molecule has 22 heavy (non-hydrogen) atoms. The van der Waals surface area contributed by atoms with E-state index in [1.54, 1.807) is 0 Å². The lowest BCUT2D eigenvalue weighted by molar-refractivity contribution is 0.125. The van der Waals surface area contributed by atoms with E-state index in [4.69, 9.17) is 4.52 Å². The third-order valence-electron chi connectivity index (χ3n) is 4.47. The quantitative estimate of drug-likeness (QED) is 0.917. The molecule has 2 heterocycles. The van der Waals surface area contributed by atoms with Crippen molar-refractivity contribution in [2.24, 2.45) is 5.92 Å². The van der Waals surface area contributed by atoms with Crippen molar-refractivity contribution in [3.05, 3.63) is 47.1 Å². The van der Waals surface area contributed by atoms with Gasteiger partial charge in [-0.2, -0.15) is 4.98 Å². The predicted molar refractivity (Wildman–Crippen MR) is 83.3 cm³/mol. The van der Waals surface area contributed by atoms with Gasteiger partial charge in [-0.15, -0.1) is 0 Å². The van der Waals surface area contributed by atoms with Gasteiger partial charge < -0.3 is 9.63 Å². The molecule has 1 aromatic carbocycles. The molecular weight excluding hydrogens is 278 g/mol. The van der Waals surface area contributed by atoms with Crippen LogP contribution in [0.4, 0.5) is 0 Å². The van der Waals surface area contributed by atoms with Gasteiger partial charge >= 0.3 is 0 Å². The highest BCUT2D eigenvalue weighted by atomic mass is 16.5. The fourth-order valence-corrected chi connectivity index (χ4v) is 3.00. The Labute approximate surface area is 131 Å². The summed E-state index contributed by atoms with van der Waals surface area (Å²) >= 11 is 0. The summed E-state index contributed by atoms with van der Waals surface area (Å²) in [4.78, 5) is 6.76. The number of rotatable bonds is 5. The topological polar surface area (TPSA) is 62.4 Å². The minimum absolute atomic E-state index is 0.246. The summed E-state index contributed by atoms with van der Waals surface area (Å²) < 4.78 is 5.37. The minimum atomic E-state index is -0.246. The van der Waals surface area contributed by atoms with Crippen molar-refractivity contribution in [3.63, 3.8) is 0 Å². The van der Waals surface area contributed by atoms with Gasteiger partial charge in [-0.3, -0.25) is 4.90 Å². The number of benzene rings is 1. The zero-order chi connectivity index (χ0) is 15.5. The van der Waals surface area contributed by atoms with Crippen molar-refractivity contribution in [1.29, 1.82) is 0 Å². The summed E-state index contributed by atoms with van der Waals surface area (Å²) in [6.45, 7) is 6.50. The molecule has 1 aliphatic heterocycles. The van der Waals surface area contributed by atoms with E-state index >= 15 is 0 Å². The van der Waals surface area contributed by atoms with Crippen LogP contribution >= 0.6 is 0 Å². The lowest BCUT2D eigenvalue weighted by atomic mass is 10.0. The SMILES string of the molecule is Cc1ccccc1Cc1noc(CN2CCC(C(C)O)C2)n1. The van der Waals surface area contributed by atoms with Crippen LogP contribution in [0.3, 0.4) is 0 Å². The van der Waals surface area contributed by atoms with Gasteiger partial charge in [-0.05, 0) is 43.9 Å². The molecule has 0 bridgehead atoms. The molecule has 3 rings (SSSR count). The van der Waals surface area contributed by atoms with Crippen LogP contribution in [0.25, 0.3) is 0 Å². The predicted octanol–water partition coefficient (Wildman–Crippen LogP) is 2.17. The molecule has 5 heteroatoms. The fourth-order valence-electron chi connectivity index (χ4n) is 3.00. The number of aromatic nitrogens is 2. The van der Waals surface area contributed by atoms with E-state index < -0.39 is 0 Å². The normalized spacial score (nSPS) is 20.4. The molecule has 0 amide bonds. The lowest BCUT2D eigenvalue weighted by Crippen LogP contribution is -2.24. The van der Waals surface area contributed by atoms with E-state index in [9.17, 15) is 5.11 Å². The van der Waals surface area contributed by atoms with Crippen LogP contribution in [-0.4, -0.2) is 39.3 Å². The van der Waals surface area contributed by atoms with Gasteiger partial charge in [0.05, 0.1) is 12.6 Å². The number of aryl methyl sites for hydroxylation is 1. The number of aliphatic hydroxyl groups excluding tert-OH is 1. The third kappa shape index (κ3) is 3.54. The first kappa shape index (κ1) is 15.2. The van der Waals surface area contributed by atoms with E-state index in [-0.39, 0.29) is 6.10 Å². The highest BCUT2D eigenvalue weighted by Crippen LogP contribution is 2.21. The molecule has 5 nitrogen and oxygen atoms in total. The van der Waals surface area contributed by atoms with E-state index in [2.05, 4.69) is 34.1 Å². The lowest BCUT2D eigenvalue weighted by Gasteiger charge is -2.15. The van der Waals surface area contributed by atoms with E-state index in [1.807, 2.05) is 19.1 Å². The number of hydrogen-bond acceptors (Lipinski definition) is 5. The van der Waals surface area contributed by atoms with Gasteiger partial charge in [0.15, 0.2) is 5.82 Å². The molecule has 0 spiro atoms. The first-order valence-corrected chi connectivity index (χ1v) is 7.88. The van der Waals surface area contributed by atoms with Crippen LogP contribution in [0.15, 0.2) is 28.8 Å². The monoisotopic (exact) mass is 301 g/mol. The molecule has 0 saturated carbocycles. The molecule has 1 aromatic heterocycles. The molecular formula is C17H23N3O2. The average Bonchev–Trinajstić information content (AvgIpc) is 3.12. The second-order valence-corrected chi connectivity index (χ2v) is 6.23. The van der Waals surface area contributed by atoms with Crippen LogP contribution in [-0.2, 0) is 13.0 Å². The zero-order valence-electron chi connectivity index (χ0n) is 13.2. The first-order valence-electron chi connectivity index (χ1n) is 7.88. The zero-order valence-corrected chi connectivity index (χ0v) is 13.2. The smallest absolute Gasteiger partial charge is 0.240 e. The maximum absolute atomic E-state index is 9.65. The molecule has 0 radical (unpaired) electrons. The van der Waals surface area contributed by atoms with Crippen molar-refractivity contribution in [3.8, 4) is 0 Å². The summed E-state index contributed by atoms with van der Waals surface area (Å²) in [7, 11) is 0. The van der Waals surface area contributed by atoms with Crippen LogP contribution in [0, 0.1) is 12.8 Å². The number of aliphatic hydroxyl groups is 1. The van der Waals surface area contributed by atoms with Crippen molar-refractivity contribution in [1.82, 2.24) is 15.0 Å². The Hall–Kier alpha value is -1.72. The van der Waals surface area contributed by atoms with Gasteiger partial charge in [0.1, 0.15) is 0 Å². The van der Waals surface area contributed by atoms with Crippen molar-refractivity contribution >= 4 is 0 Å². The van der Waals surface area contributed by atoms with Crippen LogP contribution < -0.4 is 0 Å². The second-order valence-electron chi connectivity index (χ2n) is 6.23. The van der Waals surface area contributed by atoms with Crippen molar-refractivity contribution < 1.29 is 9.63 Å². The standard InChI is InChI=1S/C17H23N3O2/c1-12-5-3-4-6-14(12)9-16-18-17(22-19-16)11-20-8-7-15(10-20)13(2)21/h3-6,13,15,21H,7-11H2,1-2H3. The first-order chi connectivity index (χ1) is 10.6. The highest BCUT2D eigenvalue weighted by molar-refractivity contribution is 5.27. The fraction of sp³-hybridized carbons (Fsp3) is 0.529.